The van der Waals surface area contributed by atoms with Crippen LogP contribution < -0.4 is 5.32 Å². The van der Waals surface area contributed by atoms with Crippen molar-refractivity contribution in [2.24, 2.45) is 23.7 Å². The number of imide groups is 1. The third-order valence-electron chi connectivity index (χ3n) is 6.16. The number of carbonyl (C=O) groups is 2. The molecule has 4 unspecified atom stereocenters. The lowest BCUT2D eigenvalue weighted by molar-refractivity contribution is -0.140. The van der Waals surface area contributed by atoms with Crippen LogP contribution in [0, 0.1) is 23.7 Å². The van der Waals surface area contributed by atoms with Crippen molar-refractivity contribution in [3.63, 3.8) is 0 Å². The first-order valence-electron chi connectivity index (χ1n) is 8.68. The smallest absolute Gasteiger partial charge is 0.233 e. The summed E-state index contributed by atoms with van der Waals surface area (Å²) in [6.07, 6.45) is 7.66. The summed E-state index contributed by atoms with van der Waals surface area (Å²) in [5, 5.41) is 3.38. The fraction of sp³-hybridized carbons (Fsp3) is 0.882. The fourth-order valence-electron chi connectivity index (χ4n) is 4.81. The Kier molecular flexibility index (Phi) is 4.34. The third kappa shape index (κ3) is 2.63. The average Bonchev–Trinajstić information content (AvgIpc) is 3.16. The Balaban J connectivity index is 1.58. The topological polar surface area (TPSA) is 49.4 Å². The van der Waals surface area contributed by atoms with Crippen LogP contribution in [0.1, 0.15) is 51.9 Å². The van der Waals surface area contributed by atoms with E-state index in [-0.39, 0.29) is 23.7 Å². The van der Waals surface area contributed by atoms with Gasteiger partial charge in [-0.15, -0.1) is 0 Å². The maximum atomic E-state index is 12.5. The summed E-state index contributed by atoms with van der Waals surface area (Å²) in [5.41, 5.74) is 0. The van der Waals surface area contributed by atoms with Gasteiger partial charge in [-0.3, -0.25) is 14.5 Å². The molecule has 118 valence electrons. The molecule has 4 nitrogen and oxygen atoms in total. The molecule has 0 radical (unpaired) electrons. The monoisotopic (exact) mass is 292 g/mol. The van der Waals surface area contributed by atoms with Gasteiger partial charge in [-0.2, -0.15) is 0 Å². The van der Waals surface area contributed by atoms with Gasteiger partial charge in [0.05, 0.1) is 11.8 Å². The third-order valence-corrected chi connectivity index (χ3v) is 6.16. The highest BCUT2D eigenvalue weighted by Crippen LogP contribution is 2.44. The molecule has 3 fully saturated rings. The molecule has 0 spiro atoms. The number of nitrogens with zero attached hydrogens (tertiary/aromatic N) is 1. The zero-order chi connectivity index (χ0) is 15.0. The average molecular weight is 292 g/mol. The molecule has 0 aromatic carbocycles. The SMILES string of the molecule is CCC1CC2C(=O)N(CCC3CCCC3NC)C(=O)C2C1. The molecule has 1 heterocycles. The zero-order valence-electron chi connectivity index (χ0n) is 13.3. The molecule has 0 aromatic rings. The van der Waals surface area contributed by atoms with Crippen LogP contribution >= 0.6 is 0 Å². The number of rotatable bonds is 5. The Morgan fingerprint density at radius 1 is 1.14 bits per heavy atom. The molecule has 0 bridgehead atoms. The molecule has 2 aliphatic carbocycles. The van der Waals surface area contributed by atoms with Crippen LogP contribution in [0.2, 0.25) is 0 Å². The van der Waals surface area contributed by atoms with Gasteiger partial charge in [-0.05, 0) is 51.0 Å². The van der Waals surface area contributed by atoms with Crippen LogP contribution in [-0.4, -0.2) is 36.3 Å². The van der Waals surface area contributed by atoms with Crippen LogP contribution in [0.5, 0.6) is 0 Å². The molecule has 2 saturated carbocycles. The molecular formula is C17H28N2O2. The number of hydrogen-bond acceptors (Lipinski definition) is 3. The molecule has 0 aromatic heterocycles. The van der Waals surface area contributed by atoms with E-state index in [0.29, 0.717) is 24.4 Å². The summed E-state index contributed by atoms with van der Waals surface area (Å²) in [6, 6.07) is 0.571. The van der Waals surface area contributed by atoms with Crippen molar-refractivity contribution in [1.29, 1.82) is 0 Å². The fourth-order valence-corrected chi connectivity index (χ4v) is 4.81. The van der Waals surface area contributed by atoms with Crippen molar-refractivity contribution in [1.82, 2.24) is 10.2 Å². The molecule has 4 atom stereocenters. The van der Waals surface area contributed by atoms with Crippen molar-refractivity contribution in [3.8, 4) is 0 Å². The van der Waals surface area contributed by atoms with Gasteiger partial charge in [0.2, 0.25) is 11.8 Å². The van der Waals surface area contributed by atoms with E-state index in [4.69, 9.17) is 0 Å². The van der Waals surface area contributed by atoms with Gasteiger partial charge in [0, 0.05) is 12.6 Å². The lowest BCUT2D eigenvalue weighted by Crippen LogP contribution is -2.36. The highest BCUT2D eigenvalue weighted by atomic mass is 16.2. The van der Waals surface area contributed by atoms with Gasteiger partial charge in [0.25, 0.3) is 0 Å². The van der Waals surface area contributed by atoms with E-state index in [2.05, 4.69) is 12.2 Å². The van der Waals surface area contributed by atoms with E-state index in [1.165, 1.54) is 19.3 Å². The summed E-state index contributed by atoms with van der Waals surface area (Å²) in [6.45, 7) is 2.81. The van der Waals surface area contributed by atoms with Crippen molar-refractivity contribution in [2.75, 3.05) is 13.6 Å². The second-order valence-corrected chi connectivity index (χ2v) is 7.16. The van der Waals surface area contributed by atoms with Crippen LogP contribution in [0.3, 0.4) is 0 Å². The molecule has 3 aliphatic rings. The first-order valence-corrected chi connectivity index (χ1v) is 8.68. The lowest BCUT2D eigenvalue weighted by atomic mass is 9.99. The van der Waals surface area contributed by atoms with E-state index in [1.54, 1.807) is 4.90 Å². The maximum Gasteiger partial charge on any atom is 0.233 e. The van der Waals surface area contributed by atoms with Crippen LogP contribution in [-0.2, 0) is 9.59 Å². The number of amides is 2. The highest BCUT2D eigenvalue weighted by Gasteiger charge is 2.52. The lowest BCUT2D eigenvalue weighted by Gasteiger charge is -2.23. The summed E-state index contributed by atoms with van der Waals surface area (Å²) >= 11 is 0. The Morgan fingerprint density at radius 2 is 1.81 bits per heavy atom. The predicted octanol–water partition coefficient (Wildman–Crippen LogP) is 2.19. The van der Waals surface area contributed by atoms with E-state index in [0.717, 1.165) is 25.7 Å². The number of likely N-dealkylation sites (tertiary alicyclic amines) is 1. The minimum Gasteiger partial charge on any atom is -0.317 e. The van der Waals surface area contributed by atoms with Crippen molar-refractivity contribution in [3.05, 3.63) is 0 Å². The quantitative estimate of drug-likeness (QED) is 0.790. The molecule has 3 rings (SSSR count). The molecule has 1 saturated heterocycles. The number of hydrogen-bond donors (Lipinski definition) is 1. The Morgan fingerprint density at radius 3 is 2.38 bits per heavy atom. The largest absolute Gasteiger partial charge is 0.317 e. The number of nitrogens with one attached hydrogen (secondary N) is 1. The van der Waals surface area contributed by atoms with Gasteiger partial charge < -0.3 is 5.32 Å². The Hall–Kier alpha value is -0.900. The highest BCUT2D eigenvalue weighted by molar-refractivity contribution is 6.05. The van der Waals surface area contributed by atoms with E-state index < -0.39 is 0 Å². The second kappa shape index (κ2) is 6.07. The van der Waals surface area contributed by atoms with Crippen LogP contribution in [0.4, 0.5) is 0 Å². The standard InChI is InChI=1S/C17H28N2O2/c1-3-11-9-13-14(10-11)17(21)19(16(13)20)8-7-12-5-4-6-15(12)18-2/h11-15,18H,3-10H2,1-2H3. The summed E-state index contributed by atoms with van der Waals surface area (Å²) in [7, 11) is 2.02. The van der Waals surface area contributed by atoms with Crippen LogP contribution in [0.25, 0.3) is 0 Å². The summed E-state index contributed by atoms with van der Waals surface area (Å²) in [5.74, 6) is 1.47. The van der Waals surface area contributed by atoms with Crippen molar-refractivity contribution >= 4 is 11.8 Å². The van der Waals surface area contributed by atoms with Crippen molar-refractivity contribution in [2.45, 2.75) is 57.9 Å². The second-order valence-electron chi connectivity index (χ2n) is 7.16. The van der Waals surface area contributed by atoms with Gasteiger partial charge in [-0.1, -0.05) is 19.8 Å². The van der Waals surface area contributed by atoms with Crippen molar-refractivity contribution < 1.29 is 9.59 Å². The molecule has 1 aliphatic heterocycles. The summed E-state index contributed by atoms with van der Waals surface area (Å²) in [4.78, 5) is 26.6. The molecular weight excluding hydrogens is 264 g/mol. The predicted molar refractivity (Wildman–Crippen MR) is 81.5 cm³/mol. The van der Waals surface area contributed by atoms with Crippen LogP contribution in [0.15, 0.2) is 0 Å². The van der Waals surface area contributed by atoms with Gasteiger partial charge in [0.1, 0.15) is 0 Å². The summed E-state index contributed by atoms with van der Waals surface area (Å²) < 4.78 is 0. The maximum absolute atomic E-state index is 12.5. The minimum atomic E-state index is 0.00567. The Bertz CT molecular complexity index is 399. The first-order chi connectivity index (χ1) is 10.2. The van der Waals surface area contributed by atoms with E-state index in [9.17, 15) is 9.59 Å². The number of fused-ring (bicyclic) bond motifs is 1. The molecule has 4 heteroatoms. The van der Waals surface area contributed by atoms with Gasteiger partial charge >= 0.3 is 0 Å². The van der Waals surface area contributed by atoms with Gasteiger partial charge in [0.15, 0.2) is 0 Å². The minimum absolute atomic E-state index is 0.00567. The van der Waals surface area contributed by atoms with E-state index in [1.807, 2.05) is 7.05 Å². The molecule has 2 amide bonds. The van der Waals surface area contributed by atoms with E-state index >= 15 is 0 Å². The Labute approximate surface area is 127 Å². The molecule has 21 heavy (non-hydrogen) atoms. The zero-order valence-corrected chi connectivity index (χ0v) is 13.3. The molecule has 1 N–H and O–H groups in total. The normalized spacial score (nSPS) is 39.3. The van der Waals surface area contributed by atoms with Gasteiger partial charge in [-0.25, -0.2) is 0 Å². The first kappa shape index (κ1) is 15.0. The number of carbonyl (C=O) groups excluding carboxylic acids is 2.